The van der Waals surface area contributed by atoms with Gasteiger partial charge in [-0.05, 0) is 12.1 Å². The molecule has 1 aromatic heterocycles. The Labute approximate surface area is 104 Å². The number of hydrogen-bond donors (Lipinski definition) is 1. The average Bonchev–Trinajstić information content (AvgIpc) is 3.00. The lowest BCUT2D eigenvalue weighted by Crippen LogP contribution is -2.81. The molecule has 17 heavy (non-hydrogen) atoms. The monoisotopic (exact) mass is 250 g/mol. The molecule has 0 radical (unpaired) electrons. The Kier molecular flexibility index (Phi) is 2.82. The van der Waals surface area contributed by atoms with Crippen LogP contribution in [0.5, 0.6) is 0 Å². The molecule has 0 saturated carbocycles. The maximum absolute atomic E-state index is 5.94. The number of nitrogens with zero attached hydrogens (tertiary/aromatic N) is 2. The molecule has 1 atom stereocenters. The molecule has 0 amide bonds. The van der Waals surface area contributed by atoms with E-state index in [9.17, 15) is 0 Å². The highest BCUT2D eigenvalue weighted by Crippen LogP contribution is 2.22. The first-order valence-corrected chi connectivity index (χ1v) is 6.13. The molecule has 0 spiro atoms. The molecule has 2 N–H and O–H groups in total. The lowest BCUT2D eigenvalue weighted by Gasteiger charge is -1.98. The fraction of sp³-hybridized carbons (Fsp3) is 0.333. The molecular weight excluding hydrogens is 238 g/mol. The maximum Gasteiger partial charge on any atom is 0.285 e. The van der Waals surface area contributed by atoms with Crippen molar-refractivity contribution in [2.24, 2.45) is 0 Å². The molecule has 1 saturated heterocycles. The van der Waals surface area contributed by atoms with E-state index in [1.807, 2.05) is 24.3 Å². The van der Waals surface area contributed by atoms with Gasteiger partial charge in [-0.1, -0.05) is 28.9 Å². The lowest BCUT2D eigenvalue weighted by molar-refractivity contribution is -0.678. The van der Waals surface area contributed by atoms with Crippen LogP contribution in [0.1, 0.15) is 24.8 Å². The van der Waals surface area contributed by atoms with E-state index in [2.05, 4.69) is 15.5 Å². The third-order valence-electron chi connectivity index (χ3n) is 3.01. The van der Waals surface area contributed by atoms with Gasteiger partial charge in [0.15, 0.2) is 6.04 Å². The molecule has 1 aliphatic heterocycles. The van der Waals surface area contributed by atoms with E-state index in [4.69, 9.17) is 16.1 Å². The minimum atomic E-state index is 0.329. The molecule has 5 heteroatoms. The normalized spacial score (nSPS) is 19.7. The van der Waals surface area contributed by atoms with Crippen molar-refractivity contribution in [3.8, 4) is 11.4 Å². The summed E-state index contributed by atoms with van der Waals surface area (Å²) in [6, 6.07) is 7.81. The van der Waals surface area contributed by atoms with Crippen LogP contribution >= 0.6 is 11.6 Å². The van der Waals surface area contributed by atoms with Gasteiger partial charge in [-0.15, -0.1) is 0 Å². The summed E-state index contributed by atoms with van der Waals surface area (Å²) >= 11 is 5.94. The van der Waals surface area contributed by atoms with Crippen LogP contribution in [0.15, 0.2) is 28.8 Å². The zero-order valence-electron chi connectivity index (χ0n) is 9.27. The summed E-state index contributed by atoms with van der Waals surface area (Å²) in [7, 11) is 0. The number of rotatable bonds is 2. The van der Waals surface area contributed by atoms with E-state index in [0.717, 1.165) is 24.4 Å². The van der Waals surface area contributed by atoms with Crippen LogP contribution in [0.25, 0.3) is 11.4 Å². The molecule has 2 heterocycles. The van der Waals surface area contributed by atoms with Crippen molar-refractivity contribution in [3.63, 3.8) is 0 Å². The topological polar surface area (TPSA) is 55.5 Å². The third-order valence-corrected chi connectivity index (χ3v) is 3.25. The smallest absolute Gasteiger partial charge is 0.285 e. The van der Waals surface area contributed by atoms with Crippen molar-refractivity contribution in [1.29, 1.82) is 0 Å². The van der Waals surface area contributed by atoms with E-state index in [-0.39, 0.29) is 0 Å². The van der Waals surface area contributed by atoms with Gasteiger partial charge < -0.3 is 9.84 Å². The molecule has 88 valence electrons. The molecule has 0 unspecified atom stereocenters. The second-order valence-corrected chi connectivity index (χ2v) is 4.68. The highest BCUT2D eigenvalue weighted by atomic mass is 35.5. The van der Waals surface area contributed by atoms with Crippen LogP contribution in [-0.2, 0) is 0 Å². The Morgan fingerprint density at radius 2 is 2.35 bits per heavy atom. The highest BCUT2D eigenvalue weighted by molar-refractivity contribution is 6.30. The Hall–Kier alpha value is -1.39. The molecule has 1 aliphatic rings. The largest absolute Gasteiger partial charge is 0.336 e. The van der Waals surface area contributed by atoms with Gasteiger partial charge >= 0.3 is 0 Å². The molecule has 0 bridgehead atoms. The van der Waals surface area contributed by atoms with Crippen LogP contribution in [0.3, 0.4) is 0 Å². The Morgan fingerprint density at radius 3 is 3.12 bits per heavy atom. The Bertz CT molecular complexity index is 520. The van der Waals surface area contributed by atoms with Crippen LogP contribution in [-0.4, -0.2) is 16.7 Å². The van der Waals surface area contributed by atoms with E-state index >= 15 is 0 Å². The quantitative estimate of drug-likeness (QED) is 0.884. The van der Waals surface area contributed by atoms with E-state index in [1.54, 1.807) is 0 Å². The van der Waals surface area contributed by atoms with Gasteiger partial charge in [-0.25, -0.2) is 0 Å². The number of quaternary nitrogens is 1. The summed E-state index contributed by atoms with van der Waals surface area (Å²) in [6.45, 7) is 1.14. The van der Waals surface area contributed by atoms with Gasteiger partial charge in [0.25, 0.3) is 5.89 Å². The SMILES string of the molecule is Clc1cccc(-c2noc([C@@H]3CCC[NH2+]3)n2)c1. The summed E-state index contributed by atoms with van der Waals surface area (Å²) in [4.78, 5) is 4.44. The van der Waals surface area contributed by atoms with Crippen LogP contribution < -0.4 is 5.32 Å². The second-order valence-electron chi connectivity index (χ2n) is 4.24. The van der Waals surface area contributed by atoms with Crippen LogP contribution in [0.2, 0.25) is 5.02 Å². The molecular formula is C12H13ClN3O+. The first-order chi connectivity index (χ1) is 8.33. The summed E-state index contributed by atoms with van der Waals surface area (Å²) in [5.74, 6) is 1.33. The standard InChI is InChI=1S/C12H12ClN3O/c13-9-4-1-3-8(7-9)11-15-12(17-16-11)10-5-2-6-14-10/h1,3-4,7,10,14H,2,5-6H2/p+1/t10-/m0/s1. The summed E-state index contributed by atoms with van der Waals surface area (Å²) < 4.78 is 5.31. The van der Waals surface area contributed by atoms with E-state index < -0.39 is 0 Å². The average molecular weight is 251 g/mol. The minimum absolute atomic E-state index is 0.329. The molecule has 1 aromatic carbocycles. The predicted octanol–water partition coefficient (Wildman–Crippen LogP) is 1.79. The van der Waals surface area contributed by atoms with Gasteiger partial charge in [-0.2, -0.15) is 4.98 Å². The van der Waals surface area contributed by atoms with Crippen molar-refractivity contribution >= 4 is 11.6 Å². The zero-order valence-corrected chi connectivity index (χ0v) is 10.0. The zero-order chi connectivity index (χ0) is 11.7. The van der Waals surface area contributed by atoms with Gasteiger partial charge in [0.2, 0.25) is 5.82 Å². The molecule has 3 rings (SSSR count). The number of aromatic nitrogens is 2. The van der Waals surface area contributed by atoms with Gasteiger partial charge in [0, 0.05) is 23.4 Å². The fourth-order valence-corrected chi connectivity index (χ4v) is 2.32. The lowest BCUT2D eigenvalue weighted by atomic mass is 10.2. The van der Waals surface area contributed by atoms with Crippen LogP contribution in [0.4, 0.5) is 0 Å². The predicted molar refractivity (Wildman–Crippen MR) is 63.5 cm³/mol. The van der Waals surface area contributed by atoms with E-state index in [1.165, 1.54) is 6.42 Å². The maximum atomic E-state index is 5.94. The second kappa shape index (κ2) is 4.47. The third kappa shape index (κ3) is 2.18. The van der Waals surface area contributed by atoms with Crippen molar-refractivity contribution in [1.82, 2.24) is 10.1 Å². The van der Waals surface area contributed by atoms with Crippen molar-refractivity contribution < 1.29 is 9.84 Å². The van der Waals surface area contributed by atoms with Crippen LogP contribution in [0, 0.1) is 0 Å². The minimum Gasteiger partial charge on any atom is -0.336 e. The van der Waals surface area contributed by atoms with Crippen molar-refractivity contribution in [3.05, 3.63) is 35.2 Å². The fourth-order valence-electron chi connectivity index (χ4n) is 2.13. The Morgan fingerprint density at radius 1 is 1.41 bits per heavy atom. The number of benzene rings is 1. The molecule has 0 aliphatic carbocycles. The first-order valence-electron chi connectivity index (χ1n) is 5.76. The molecule has 2 aromatic rings. The Balaban J connectivity index is 1.89. The molecule has 4 nitrogen and oxygen atoms in total. The van der Waals surface area contributed by atoms with Gasteiger partial charge in [-0.3, -0.25) is 0 Å². The number of nitrogens with two attached hydrogens (primary N) is 1. The van der Waals surface area contributed by atoms with Crippen molar-refractivity contribution in [2.75, 3.05) is 6.54 Å². The summed E-state index contributed by atoms with van der Waals surface area (Å²) in [5.41, 5.74) is 0.894. The van der Waals surface area contributed by atoms with Crippen molar-refractivity contribution in [2.45, 2.75) is 18.9 Å². The number of hydrogen-bond acceptors (Lipinski definition) is 3. The molecule has 1 fully saturated rings. The van der Waals surface area contributed by atoms with Gasteiger partial charge in [0.05, 0.1) is 6.54 Å². The van der Waals surface area contributed by atoms with Gasteiger partial charge in [0.1, 0.15) is 0 Å². The summed E-state index contributed by atoms with van der Waals surface area (Å²) in [6.07, 6.45) is 2.32. The first kappa shape index (κ1) is 10.7. The number of halogens is 1. The summed E-state index contributed by atoms with van der Waals surface area (Å²) in [5, 5.41) is 6.93. The highest BCUT2D eigenvalue weighted by Gasteiger charge is 2.26. The van der Waals surface area contributed by atoms with E-state index in [0.29, 0.717) is 16.9 Å².